The number of thiazole rings is 1. The highest BCUT2D eigenvalue weighted by atomic mass is 32.1. The van der Waals surface area contributed by atoms with Crippen molar-refractivity contribution in [3.63, 3.8) is 0 Å². The van der Waals surface area contributed by atoms with E-state index in [0.717, 1.165) is 10.2 Å². The molecule has 21 heavy (non-hydrogen) atoms. The van der Waals surface area contributed by atoms with E-state index < -0.39 is 0 Å². The van der Waals surface area contributed by atoms with Crippen molar-refractivity contribution in [1.29, 1.82) is 0 Å². The highest BCUT2D eigenvalue weighted by Gasteiger charge is 2.36. The Balaban J connectivity index is 1.88. The maximum atomic E-state index is 12.4. The quantitative estimate of drug-likeness (QED) is 0.550. The summed E-state index contributed by atoms with van der Waals surface area (Å²) in [6, 6.07) is 12.3. The third-order valence-electron chi connectivity index (χ3n) is 3.46. The van der Waals surface area contributed by atoms with Gasteiger partial charge in [0.05, 0.1) is 27.0 Å². The van der Waals surface area contributed by atoms with Crippen LogP contribution >= 0.6 is 23.6 Å². The molecule has 0 unspecified atom stereocenters. The van der Waals surface area contributed by atoms with Crippen LogP contribution in [0.4, 0.5) is 5.69 Å². The largest absolute Gasteiger partial charge is 0.337 e. The SMILES string of the molecule is O=C1c2ccccc2C(=O)N1c1ccc2[nH]c(=S)sc2c1. The number of carbonyl (C=O) groups excluding carboxylic acids is 2. The van der Waals surface area contributed by atoms with E-state index in [1.807, 2.05) is 12.1 Å². The predicted octanol–water partition coefficient (Wildman–Crippen LogP) is 3.76. The van der Waals surface area contributed by atoms with Gasteiger partial charge >= 0.3 is 0 Å². The van der Waals surface area contributed by atoms with E-state index in [9.17, 15) is 9.59 Å². The van der Waals surface area contributed by atoms with Gasteiger partial charge in [-0.2, -0.15) is 0 Å². The Morgan fingerprint density at radius 2 is 1.67 bits per heavy atom. The number of aromatic amines is 1. The van der Waals surface area contributed by atoms with Crippen LogP contribution in [0.1, 0.15) is 20.7 Å². The van der Waals surface area contributed by atoms with Crippen LogP contribution in [-0.2, 0) is 0 Å². The van der Waals surface area contributed by atoms with E-state index in [0.29, 0.717) is 20.8 Å². The number of carbonyl (C=O) groups is 2. The van der Waals surface area contributed by atoms with Crippen LogP contribution in [0.3, 0.4) is 0 Å². The van der Waals surface area contributed by atoms with E-state index >= 15 is 0 Å². The number of hydrogen-bond acceptors (Lipinski definition) is 4. The minimum atomic E-state index is -0.283. The van der Waals surface area contributed by atoms with Crippen molar-refractivity contribution in [2.24, 2.45) is 0 Å². The molecule has 0 saturated heterocycles. The molecule has 0 spiro atoms. The molecule has 0 atom stereocenters. The Hall–Kier alpha value is -2.31. The van der Waals surface area contributed by atoms with Crippen LogP contribution in [-0.4, -0.2) is 16.8 Å². The van der Waals surface area contributed by atoms with Gasteiger partial charge in [0.15, 0.2) is 3.95 Å². The number of amides is 2. The molecular weight excluding hydrogens is 304 g/mol. The van der Waals surface area contributed by atoms with Crippen LogP contribution in [0.15, 0.2) is 42.5 Å². The average molecular weight is 312 g/mol. The summed E-state index contributed by atoms with van der Waals surface area (Å²) >= 11 is 6.53. The summed E-state index contributed by atoms with van der Waals surface area (Å²) in [7, 11) is 0. The normalized spacial score (nSPS) is 14.0. The first kappa shape index (κ1) is 12.4. The van der Waals surface area contributed by atoms with Gasteiger partial charge in [0.2, 0.25) is 0 Å². The maximum absolute atomic E-state index is 12.4. The molecule has 0 fully saturated rings. The molecule has 4 nitrogen and oxygen atoms in total. The number of fused-ring (bicyclic) bond motifs is 2. The lowest BCUT2D eigenvalue weighted by atomic mass is 10.1. The van der Waals surface area contributed by atoms with E-state index in [-0.39, 0.29) is 11.8 Å². The molecule has 0 bridgehead atoms. The van der Waals surface area contributed by atoms with Gasteiger partial charge in [0.25, 0.3) is 11.8 Å². The lowest BCUT2D eigenvalue weighted by molar-refractivity contribution is 0.0926. The molecular formula is C15H8N2O2S2. The molecule has 4 rings (SSSR count). The Labute approximate surface area is 128 Å². The third-order valence-corrected chi connectivity index (χ3v) is 4.65. The van der Waals surface area contributed by atoms with Gasteiger partial charge in [0, 0.05) is 0 Å². The first-order valence-corrected chi connectivity index (χ1v) is 7.48. The second kappa shape index (κ2) is 4.34. The van der Waals surface area contributed by atoms with Gasteiger partial charge in [-0.25, -0.2) is 4.90 Å². The van der Waals surface area contributed by atoms with Crippen LogP contribution in [0.2, 0.25) is 0 Å². The minimum Gasteiger partial charge on any atom is -0.337 e. The van der Waals surface area contributed by atoms with E-state index in [1.54, 1.807) is 30.3 Å². The van der Waals surface area contributed by atoms with Gasteiger partial charge in [-0.1, -0.05) is 12.1 Å². The zero-order chi connectivity index (χ0) is 14.6. The van der Waals surface area contributed by atoms with Crippen LogP contribution < -0.4 is 4.90 Å². The predicted molar refractivity (Wildman–Crippen MR) is 84.6 cm³/mol. The van der Waals surface area contributed by atoms with Crippen molar-refractivity contribution in [3.05, 3.63) is 57.5 Å². The topological polar surface area (TPSA) is 53.2 Å². The summed E-state index contributed by atoms with van der Waals surface area (Å²) in [5.41, 5.74) is 2.37. The summed E-state index contributed by atoms with van der Waals surface area (Å²) in [6.07, 6.45) is 0. The Bertz CT molecular complexity index is 936. The molecule has 0 saturated carbocycles. The molecule has 1 aromatic heterocycles. The fourth-order valence-electron chi connectivity index (χ4n) is 2.50. The van der Waals surface area contributed by atoms with E-state index in [2.05, 4.69) is 4.98 Å². The number of anilines is 1. The first-order chi connectivity index (χ1) is 10.1. The fourth-order valence-corrected chi connectivity index (χ4v) is 3.65. The van der Waals surface area contributed by atoms with Gasteiger partial charge < -0.3 is 4.98 Å². The highest BCUT2D eigenvalue weighted by molar-refractivity contribution is 7.73. The van der Waals surface area contributed by atoms with Gasteiger partial charge in [-0.15, -0.1) is 11.3 Å². The zero-order valence-corrected chi connectivity index (χ0v) is 12.3. The Kier molecular flexibility index (Phi) is 2.57. The van der Waals surface area contributed by atoms with Crippen LogP contribution in [0.25, 0.3) is 10.2 Å². The zero-order valence-electron chi connectivity index (χ0n) is 10.6. The van der Waals surface area contributed by atoms with Crippen molar-refractivity contribution < 1.29 is 9.59 Å². The Morgan fingerprint density at radius 1 is 1.00 bits per heavy atom. The Morgan fingerprint density at radius 3 is 2.33 bits per heavy atom. The van der Waals surface area contributed by atoms with E-state index in [4.69, 9.17) is 12.2 Å². The fraction of sp³-hybridized carbons (Fsp3) is 0. The van der Waals surface area contributed by atoms with Gasteiger partial charge in [-0.05, 0) is 42.5 Å². The number of H-pyrrole nitrogens is 1. The smallest absolute Gasteiger partial charge is 0.266 e. The molecule has 1 aliphatic rings. The van der Waals surface area contributed by atoms with Crippen molar-refractivity contribution in [3.8, 4) is 0 Å². The number of nitrogens with zero attached hydrogens (tertiary/aromatic N) is 1. The molecule has 0 aliphatic carbocycles. The second-order valence-corrected chi connectivity index (χ2v) is 6.41. The summed E-state index contributed by atoms with van der Waals surface area (Å²) < 4.78 is 1.60. The number of nitrogens with one attached hydrogen (secondary N) is 1. The van der Waals surface area contributed by atoms with E-state index in [1.165, 1.54) is 16.2 Å². The molecule has 2 aromatic carbocycles. The number of imide groups is 1. The molecule has 0 radical (unpaired) electrons. The first-order valence-electron chi connectivity index (χ1n) is 6.26. The van der Waals surface area contributed by atoms with Crippen LogP contribution in [0, 0.1) is 3.95 Å². The number of rotatable bonds is 1. The second-order valence-electron chi connectivity index (χ2n) is 4.69. The molecule has 102 valence electrons. The molecule has 1 N–H and O–H groups in total. The standard InChI is InChI=1S/C15H8N2O2S2/c18-13-9-3-1-2-4-10(9)14(19)17(13)8-5-6-11-12(7-8)21-15(20)16-11/h1-7H,(H,16,20). The molecule has 2 heterocycles. The summed E-state index contributed by atoms with van der Waals surface area (Å²) in [5.74, 6) is -0.567. The third kappa shape index (κ3) is 1.76. The highest BCUT2D eigenvalue weighted by Crippen LogP contribution is 2.31. The maximum Gasteiger partial charge on any atom is 0.266 e. The summed E-state index contributed by atoms with van der Waals surface area (Å²) in [6.45, 7) is 0. The molecule has 3 aromatic rings. The van der Waals surface area contributed by atoms with Gasteiger partial charge in [-0.3, -0.25) is 9.59 Å². The van der Waals surface area contributed by atoms with Crippen molar-refractivity contribution in [1.82, 2.24) is 4.98 Å². The lowest BCUT2D eigenvalue weighted by Crippen LogP contribution is -2.29. The average Bonchev–Trinajstić information content (AvgIpc) is 2.97. The molecule has 2 amide bonds. The van der Waals surface area contributed by atoms with Crippen molar-refractivity contribution in [2.45, 2.75) is 0 Å². The molecule has 1 aliphatic heterocycles. The summed E-state index contributed by atoms with van der Waals surface area (Å²) in [4.78, 5) is 29.1. The van der Waals surface area contributed by atoms with Crippen LogP contribution in [0.5, 0.6) is 0 Å². The lowest BCUT2D eigenvalue weighted by Gasteiger charge is -2.13. The van der Waals surface area contributed by atoms with Crippen molar-refractivity contribution >= 4 is 51.3 Å². The monoisotopic (exact) mass is 312 g/mol. The number of benzene rings is 2. The molecule has 6 heteroatoms. The number of aromatic nitrogens is 1. The van der Waals surface area contributed by atoms with Gasteiger partial charge in [0.1, 0.15) is 0 Å². The minimum absolute atomic E-state index is 0.283. The number of hydrogen-bond donors (Lipinski definition) is 1. The summed E-state index contributed by atoms with van der Waals surface area (Å²) in [5, 5.41) is 0. The van der Waals surface area contributed by atoms with Crippen molar-refractivity contribution in [2.75, 3.05) is 4.90 Å².